The van der Waals surface area contributed by atoms with E-state index in [1.54, 1.807) is 30.4 Å². The number of aromatic nitrogens is 3. The number of unbranched alkanes of at least 4 members (excludes halogenated alkanes) is 2. The number of nitrogens with zero attached hydrogens (tertiary/aromatic N) is 3. The first-order valence-electron chi connectivity index (χ1n) is 20.1. The van der Waals surface area contributed by atoms with Crippen molar-refractivity contribution in [3.63, 3.8) is 0 Å². The fourth-order valence-corrected chi connectivity index (χ4v) is 6.97. The van der Waals surface area contributed by atoms with Gasteiger partial charge in [-0.05, 0) is 82.3 Å². The topological polar surface area (TPSA) is 248 Å². The zero-order valence-electron chi connectivity index (χ0n) is 36.4. The molecule has 1 heterocycles. The molecule has 63 heavy (non-hydrogen) atoms. The van der Waals surface area contributed by atoms with Crippen LogP contribution in [0.2, 0.25) is 0 Å². The van der Waals surface area contributed by atoms with Crippen molar-refractivity contribution in [2.45, 2.75) is 90.0 Å². The predicted octanol–water partition coefficient (Wildman–Crippen LogP) is 2.89. The van der Waals surface area contributed by atoms with E-state index in [0.717, 1.165) is 49.5 Å². The molecule has 0 fully saturated rings. The van der Waals surface area contributed by atoms with Crippen LogP contribution < -0.4 is 27.7 Å². The van der Waals surface area contributed by atoms with Gasteiger partial charge in [0.2, 0.25) is 0 Å². The number of hydrogen-bond donors (Lipinski definition) is 2. The molecule has 0 unspecified atom stereocenters. The summed E-state index contributed by atoms with van der Waals surface area (Å²) in [7, 11) is 0. The van der Waals surface area contributed by atoms with Gasteiger partial charge in [-0.25, -0.2) is 56.9 Å². The number of ether oxygens (including phenoxy) is 6. The van der Waals surface area contributed by atoms with E-state index in [0.29, 0.717) is 50.0 Å². The van der Waals surface area contributed by atoms with E-state index < -0.39 is 64.2 Å². The third-order valence-electron chi connectivity index (χ3n) is 8.48. The highest BCUT2D eigenvalue weighted by molar-refractivity contribution is 7.99. The molecule has 0 aliphatic rings. The van der Waals surface area contributed by atoms with Gasteiger partial charge in [-0.2, -0.15) is 23.5 Å². The molecule has 1 rings (SSSR count). The standard InChI is InChI=1S/C41H61N5O15S2/c1-8-31(47)58-27-40(6,28-59-32(48)9-2)42-35(51)56-21-13-15-23-62-25-17-19-45-37(53)44(12-5)38(54)46(39(45)55)20-18-26-63-24-16-14-22-57-36(52)43-41(7,29-60-33(49)10-3)30-61-34(50)11-4/h8-11H,1-4,12-30H2,5-7H3,(H,42,51)(H,43,52). The van der Waals surface area contributed by atoms with Crippen LogP contribution in [0.25, 0.3) is 0 Å². The van der Waals surface area contributed by atoms with E-state index in [2.05, 4.69) is 36.9 Å². The summed E-state index contributed by atoms with van der Waals surface area (Å²) < 4.78 is 33.8. The summed E-state index contributed by atoms with van der Waals surface area (Å²) in [5.41, 5.74) is -4.50. The van der Waals surface area contributed by atoms with E-state index >= 15 is 0 Å². The van der Waals surface area contributed by atoms with Crippen LogP contribution in [-0.4, -0.2) is 123 Å². The first kappa shape index (κ1) is 55.5. The van der Waals surface area contributed by atoms with Crippen molar-refractivity contribution in [1.82, 2.24) is 24.3 Å². The van der Waals surface area contributed by atoms with Gasteiger partial charge < -0.3 is 39.1 Å². The van der Waals surface area contributed by atoms with Crippen LogP contribution in [-0.2, 0) is 67.2 Å². The van der Waals surface area contributed by atoms with Crippen molar-refractivity contribution in [3.8, 4) is 0 Å². The van der Waals surface area contributed by atoms with Gasteiger partial charge in [-0.1, -0.05) is 26.3 Å². The summed E-state index contributed by atoms with van der Waals surface area (Å²) in [4.78, 5) is 110. The Morgan fingerprint density at radius 3 is 1.11 bits per heavy atom. The van der Waals surface area contributed by atoms with Gasteiger partial charge >= 0.3 is 53.1 Å². The van der Waals surface area contributed by atoms with Crippen LogP contribution in [0, 0.1) is 0 Å². The maximum Gasteiger partial charge on any atom is 0.407 e. The number of carbonyl (C=O) groups excluding carboxylic acids is 6. The molecule has 0 spiro atoms. The summed E-state index contributed by atoms with van der Waals surface area (Å²) in [5.74, 6) is -0.161. The number of alkyl carbamates (subject to hydrolysis) is 2. The zero-order chi connectivity index (χ0) is 47.3. The van der Waals surface area contributed by atoms with E-state index in [-0.39, 0.29) is 59.3 Å². The molecule has 20 nitrogen and oxygen atoms in total. The van der Waals surface area contributed by atoms with Crippen molar-refractivity contribution < 1.29 is 57.2 Å². The first-order valence-corrected chi connectivity index (χ1v) is 22.5. The third kappa shape index (κ3) is 22.4. The minimum atomic E-state index is -1.27. The van der Waals surface area contributed by atoms with E-state index in [4.69, 9.17) is 28.4 Å². The molecular formula is C41H61N5O15S2. The Labute approximate surface area is 374 Å². The van der Waals surface area contributed by atoms with Gasteiger partial charge in [0.05, 0.1) is 13.2 Å². The number of carbonyl (C=O) groups is 6. The lowest BCUT2D eigenvalue weighted by Gasteiger charge is -2.29. The molecule has 0 saturated carbocycles. The van der Waals surface area contributed by atoms with Gasteiger partial charge in [-0.15, -0.1) is 0 Å². The SMILES string of the molecule is C=CC(=O)OCC(C)(COC(=O)C=C)NC(=O)OCCCCSCCCn1c(=O)n(CC)c(=O)n(CCCSCCCCOC(=O)NC(C)(COC(=O)C=C)COC(=O)C=C)c1=O. The Bertz CT molecular complexity index is 1730. The maximum absolute atomic E-state index is 13.3. The Kier molecular flexibility index (Phi) is 26.9. The fraction of sp³-hybridized carbons (Fsp3) is 0.585. The van der Waals surface area contributed by atoms with E-state index in [1.807, 2.05) is 0 Å². The van der Waals surface area contributed by atoms with Crippen LogP contribution in [0.3, 0.4) is 0 Å². The number of rotatable bonds is 33. The number of esters is 4. The van der Waals surface area contributed by atoms with Crippen LogP contribution >= 0.6 is 23.5 Å². The largest absolute Gasteiger partial charge is 0.460 e. The smallest absolute Gasteiger partial charge is 0.407 e. The molecule has 1 aromatic rings. The maximum atomic E-state index is 13.3. The van der Waals surface area contributed by atoms with Crippen molar-refractivity contribution in [2.75, 3.05) is 62.7 Å². The van der Waals surface area contributed by atoms with E-state index in [1.165, 1.54) is 13.8 Å². The molecule has 0 aliphatic carbocycles. The minimum absolute atomic E-state index is 0.0998. The summed E-state index contributed by atoms with van der Waals surface area (Å²) >= 11 is 3.20. The summed E-state index contributed by atoms with van der Waals surface area (Å²) in [6.07, 6.45) is 5.77. The lowest BCUT2D eigenvalue weighted by molar-refractivity contribution is -0.146. The fourth-order valence-electron chi connectivity index (χ4n) is 5.08. The lowest BCUT2D eigenvalue weighted by atomic mass is 10.1. The monoisotopic (exact) mass is 927 g/mol. The molecular weight excluding hydrogens is 867 g/mol. The van der Waals surface area contributed by atoms with Crippen LogP contribution in [0.4, 0.5) is 9.59 Å². The molecule has 352 valence electrons. The number of nitrogens with one attached hydrogen (secondary N) is 2. The molecule has 0 bridgehead atoms. The minimum Gasteiger partial charge on any atom is -0.460 e. The van der Waals surface area contributed by atoms with Crippen molar-refractivity contribution in [1.29, 1.82) is 0 Å². The highest BCUT2D eigenvalue weighted by Gasteiger charge is 2.32. The van der Waals surface area contributed by atoms with Gasteiger partial charge in [0, 0.05) is 43.9 Å². The summed E-state index contributed by atoms with van der Waals surface area (Å²) in [5, 5.41) is 5.11. The highest BCUT2D eigenvalue weighted by atomic mass is 32.2. The second kappa shape index (κ2) is 30.5. The van der Waals surface area contributed by atoms with Gasteiger partial charge in [-0.3, -0.25) is 0 Å². The lowest BCUT2D eigenvalue weighted by Crippen LogP contribution is -2.54. The van der Waals surface area contributed by atoms with Crippen LogP contribution in [0.5, 0.6) is 0 Å². The van der Waals surface area contributed by atoms with Crippen molar-refractivity contribution in [2.24, 2.45) is 0 Å². The quantitative estimate of drug-likeness (QED) is 0.0445. The highest BCUT2D eigenvalue weighted by Crippen LogP contribution is 2.12. The van der Waals surface area contributed by atoms with E-state index in [9.17, 15) is 43.2 Å². The summed E-state index contributed by atoms with van der Waals surface area (Å²) in [6, 6.07) is 0. The molecule has 0 aromatic carbocycles. The third-order valence-corrected chi connectivity index (χ3v) is 10.8. The number of hydrogen-bond acceptors (Lipinski definition) is 17. The zero-order valence-corrected chi connectivity index (χ0v) is 38.0. The molecule has 0 aliphatic heterocycles. The predicted molar refractivity (Wildman–Crippen MR) is 238 cm³/mol. The first-order chi connectivity index (χ1) is 30.0. The molecule has 0 radical (unpaired) electrons. The average molecular weight is 928 g/mol. The van der Waals surface area contributed by atoms with Crippen molar-refractivity contribution in [3.05, 3.63) is 82.1 Å². The molecule has 2 amide bonds. The second-order valence-electron chi connectivity index (χ2n) is 14.1. The molecule has 1 aromatic heterocycles. The summed E-state index contributed by atoms with van der Waals surface area (Å²) in [6.45, 7) is 17.3. The van der Waals surface area contributed by atoms with Crippen LogP contribution in [0.1, 0.15) is 59.3 Å². The molecule has 22 heteroatoms. The van der Waals surface area contributed by atoms with Crippen molar-refractivity contribution >= 4 is 59.6 Å². The Balaban J connectivity index is 2.48. The molecule has 0 atom stereocenters. The number of thioether (sulfide) groups is 2. The van der Waals surface area contributed by atoms with Crippen LogP contribution in [0.15, 0.2) is 65.0 Å². The molecule has 2 N–H and O–H groups in total. The Morgan fingerprint density at radius 2 is 0.810 bits per heavy atom. The van der Waals surface area contributed by atoms with Gasteiger partial charge in [0.1, 0.15) is 37.5 Å². The average Bonchev–Trinajstić information content (AvgIpc) is 3.26. The normalized spacial score (nSPS) is 11.0. The second-order valence-corrected chi connectivity index (χ2v) is 16.6. The molecule has 0 saturated heterocycles. The van der Waals surface area contributed by atoms with Gasteiger partial charge in [0.15, 0.2) is 0 Å². The number of amides is 2. The Hall–Kier alpha value is -5.51. The van der Waals surface area contributed by atoms with Gasteiger partial charge in [0.25, 0.3) is 0 Å². The Morgan fingerprint density at radius 1 is 0.508 bits per heavy atom.